The number of hydrogen-bond donors (Lipinski definition) is 1. The van der Waals surface area contributed by atoms with Crippen LogP contribution in [0.1, 0.15) is 77.6 Å². The minimum atomic E-state index is -0.962. The van der Waals surface area contributed by atoms with Crippen molar-refractivity contribution in [3.05, 3.63) is 36.5 Å². The van der Waals surface area contributed by atoms with Crippen molar-refractivity contribution in [2.24, 2.45) is 0 Å². The van der Waals surface area contributed by atoms with Crippen molar-refractivity contribution in [1.29, 1.82) is 0 Å². The molecule has 0 heterocycles. The van der Waals surface area contributed by atoms with Gasteiger partial charge in [0.05, 0.1) is 0 Å². The third-order valence-corrected chi connectivity index (χ3v) is 3.72. The van der Waals surface area contributed by atoms with E-state index in [0.29, 0.717) is 12.8 Å². The molecule has 0 amide bonds. The summed E-state index contributed by atoms with van der Waals surface area (Å²) in [5.41, 5.74) is 0. The summed E-state index contributed by atoms with van der Waals surface area (Å²) in [6, 6.07) is 0. The molecular formula is C20H33O4-. The van der Waals surface area contributed by atoms with Crippen molar-refractivity contribution in [3.63, 3.8) is 0 Å². The molecule has 0 aromatic heterocycles. The molecule has 0 unspecified atom stereocenters. The first-order valence-electron chi connectivity index (χ1n) is 9.19. The van der Waals surface area contributed by atoms with E-state index in [0.717, 1.165) is 32.1 Å². The molecule has 0 saturated heterocycles. The zero-order valence-electron chi connectivity index (χ0n) is 15.0. The Morgan fingerprint density at radius 2 is 1.71 bits per heavy atom. The number of carboxylic acids is 1. The number of aliphatic carboxylic acids is 1. The Morgan fingerprint density at radius 3 is 2.42 bits per heavy atom. The van der Waals surface area contributed by atoms with E-state index in [9.17, 15) is 9.90 Å². The predicted molar refractivity (Wildman–Crippen MR) is 96.4 cm³/mol. The second-order valence-electron chi connectivity index (χ2n) is 5.98. The van der Waals surface area contributed by atoms with Crippen molar-refractivity contribution in [3.8, 4) is 0 Å². The van der Waals surface area contributed by atoms with Gasteiger partial charge in [-0.25, -0.2) is 4.89 Å². The fourth-order valence-corrected chi connectivity index (χ4v) is 2.27. The minimum Gasteiger partial charge on any atom is -0.550 e. The molecule has 0 aliphatic heterocycles. The van der Waals surface area contributed by atoms with E-state index in [1.54, 1.807) is 0 Å². The molecule has 0 radical (unpaired) electrons. The van der Waals surface area contributed by atoms with Gasteiger partial charge < -0.3 is 9.90 Å². The average molecular weight is 337 g/mol. The molecule has 0 rings (SSSR count). The van der Waals surface area contributed by atoms with Gasteiger partial charge in [0.2, 0.25) is 0 Å². The number of carbonyl (C=O) groups is 1. The molecule has 24 heavy (non-hydrogen) atoms. The van der Waals surface area contributed by atoms with Gasteiger partial charge in [-0.3, -0.25) is 5.26 Å². The van der Waals surface area contributed by atoms with Gasteiger partial charge in [-0.1, -0.05) is 69.1 Å². The molecule has 0 aromatic rings. The molecule has 4 heteroatoms. The van der Waals surface area contributed by atoms with Crippen LogP contribution in [0.15, 0.2) is 36.5 Å². The average Bonchev–Trinajstić information content (AvgIpc) is 2.57. The van der Waals surface area contributed by atoms with Crippen LogP contribution in [0.5, 0.6) is 0 Å². The van der Waals surface area contributed by atoms with E-state index < -0.39 is 5.97 Å². The number of carboxylic acid groups (broad SMARTS) is 1. The van der Waals surface area contributed by atoms with Crippen LogP contribution < -0.4 is 5.11 Å². The summed E-state index contributed by atoms with van der Waals surface area (Å²) >= 11 is 0. The predicted octanol–water partition coefficient (Wildman–Crippen LogP) is 4.57. The number of unbranched alkanes of at least 4 members (excludes halogenated alkanes) is 7. The lowest BCUT2D eigenvalue weighted by atomic mass is 10.1. The Bertz CT molecular complexity index is 372. The number of carbonyl (C=O) groups excluding carboxylic acids is 1. The first-order chi connectivity index (χ1) is 11.7. The highest BCUT2D eigenvalue weighted by molar-refractivity contribution is 5.64. The first-order valence-corrected chi connectivity index (χ1v) is 9.19. The monoisotopic (exact) mass is 337 g/mol. The number of allylic oxidation sites excluding steroid dienone is 4. The Hall–Kier alpha value is -1.39. The Labute approximate surface area is 146 Å². The lowest BCUT2D eigenvalue weighted by Gasteiger charge is -2.04. The summed E-state index contributed by atoms with van der Waals surface area (Å²) in [7, 11) is 0. The molecule has 0 spiro atoms. The molecule has 1 N–H and O–H groups in total. The van der Waals surface area contributed by atoms with Gasteiger partial charge in [0.25, 0.3) is 0 Å². The van der Waals surface area contributed by atoms with E-state index in [2.05, 4.69) is 30.0 Å². The van der Waals surface area contributed by atoms with Gasteiger partial charge in [-0.15, -0.1) is 0 Å². The summed E-state index contributed by atoms with van der Waals surface area (Å²) in [4.78, 5) is 14.7. The highest BCUT2D eigenvalue weighted by Gasteiger charge is 1.99. The largest absolute Gasteiger partial charge is 0.550 e. The van der Waals surface area contributed by atoms with E-state index in [1.807, 2.05) is 18.2 Å². The fraction of sp³-hybridized carbons (Fsp3) is 0.650. The Morgan fingerprint density at radius 1 is 1.00 bits per heavy atom. The standard InChI is InChI=1S/C20H34O4/c1-2-3-4-5-10-13-16-19(24-23)17-14-11-8-6-7-9-12-15-18-20(21)22/h8,10-11,13-14,17,19,23H,2-7,9,12,15-16,18H2,1H3,(H,21,22)/p-1/b11-8-,13-10-,17-14+/t19-/m0/s1. The summed E-state index contributed by atoms with van der Waals surface area (Å²) in [6.07, 6.45) is 22.0. The maximum atomic E-state index is 10.2. The van der Waals surface area contributed by atoms with Crippen molar-refractivity contribution in [2.45, 2.75) is 83.7 Å². The Balaban J connectivity index is 3.67. The topological polar surface area (TPSA) is 69.6 Å². The van der Waals surface area contributed by atoms with Gasteiger partial charge in [0, 0.05) is 5.97 Å². The van der Waals surface area contributed by atoms with Crippen molar-refractivity contribution >= 4 is 5.97 Å². The number of hydrogen-bond acceptors (Lipinski definition) is 4. The van der Waals surface area contributed by atoms with Crippen LogP contribution in [0.2, 0.25) is 0 Å². The summed E-state index contributed by atoms with van der Waals surface area (Å²) in [5, 5.41) is 19.1. The normalized spacial score (nSPS) is 13.4. The molecule has 0 aliphatic rings. The third kappa shape index (κ3) is 17.0. The van der Waals surface area contributed by atoms with Crippen molar-refractivity contribution in [2.75, 3.05) is 0 Å². The summed E-state index contributed by atoms with van der Waals surface area (Å²) in [6.45, 7) is 2.19. The quantitative estimate of drug-likeness (QED) is 0.147. The molecule has 0 bridgehead atoms. The molecule has 4 nitrogen and oxygen atoms in total. The second kappa shape index (κ2) is 18.0. The molecule has 138 valence electrons. The lowest BCUT2D eigenvalue weighted by molar-refractivity contribution is -0.305. The van der Waals surface area contributed by atoms with E-state index in [1.165, 1.54) is 19.3 Å². The van der Waals surface area contributed by atoms with Gasteiger partial charge in [-0.2, -0.15) is 0 Å². The second-order valence-corrected chi connectivity index (χ2v) is 5.98. The molecule has 0 aliphatic carbocycles. The van der Waals surface area contributed by atoms with Crippen LogP contribution >= 0.6 is 0 Å². The van der Waals surface area contributed by atoms with Crippen molar-refractivity contribution < 1.29 is 20.0 Å². The zero-order valence-corrected chi connectivity index (χ0v) is 15.0. The SMILES string of the molecule is CCCCC/C=C\C[C@@H](/C=C/C=C\CCCCCCC(=O)[O-])OO. The van der Waals surface area contributed by atoms with Crippen molar-refractivity contribution in [1.82, 2.24) is 0 Å². The van der Waals surface area contributed by atoms with Crippen LogP contribution in [0.3, 0.4) is 0 Å². The van der Waals surface area contributed by atoms with Gasteiger partial charge in [0.15, 0.2) is 0 Å². The van der Waals surface area contributed by atoms with Gasteiger partial charge in [0.1, 0.15) is 6.10 Å². The molecular weight excluding hydrogens is 304 g/mol. The maximum absolute atomic E-state index is 10.2. The van der Waals surface area contributed by atoms with Gasteiger partial charge in [-0.05, 0) is 44.9 Å². The highest BCUT2D eigenvalue weighted by Crippen LogP contribution is 2.06. The minimum absolute atomic E-state index is 0.161. The van der Waals surface area contributed by atoms with E-state index >= 15 is 0 Å². The zero-order chi connectivity index (χ0) is 17.9. The van der Waals surface area contributed by atoms with Crippen LogP contribution in [-0.2, 0) is 9.68 Å². The third-order valence-electron chi connectivity index (χ3n) is 3.72. The summed E-state index contributed by atoms with van der Waals surface area (Å²) < 4.78 is 0. The Kier molecular flexibility index (Phi) is 16.9. The highest BCUT2D eigenvalue weighted by atomic mass is 17.1. The first kappa shape index (κ1) is 22.6. The lowest BCUT2D eigenvalue weighted by Crippen LogP contribution is -2.21. The molecule has 0 saturated carbocycles. The maximum Gasteiger partial charge on any atom is 0.115 e. The smallest absolute Gasteiger partial charge is 0.115 e. The van der Waals surface area contributed by atoms with Crippen LogP contribution in [0.25, 0.3) is 0 Å². The van der Waals surface area contributed by atoms with Gasteiger partial charge >= 0.3 is 0 Å². The number of rotatable bonds is 16. The summed E-state index contributed by atoms with van der Waals surface area (Å²) in [5.74, 6) is -0.962. The van der Waals surface area contributed by atoms with Crippen LogP contribution in [0, 0.1) is 0 Å². The fourth-order valence-electron chi connectivity index (χ4n) is 2.27. The van der Waals surface area contributed by atoms with E-state index in [4.69, 9.17) is 5.26 Å². The van der Waals surface area contributed by atoms with Crippen LogP contribution in [-0.4, -0.2) is 17.3 Å². The van der Waals surface area contributed by atoms with Crippen LogP contribution in [0.4, 0.5) is 0 Å². The molecule has 0 fully saturated rings. The van der Waals surface area contributed by atoms with E-state index in [-0.39, 0.29) is 12.5 Å². The molecule has 0 aromatic carbocycles. The molecule has 1 atom stereocenters.